The van der Waals surface area contributed by atoms with E-state index < -0.39 is 5.60 Å². The minimum absolute atomic E-state index is 0.336. The van der Waals surface area contributed by atoms with Gasteiger partial charge in [-0.05, 0) is 18.6 Å². The molecule has 1 N–H and O–H groups in total. The Bertz CT molecular complexity index is 475. The predicted molar refractivity (Wildman–Crippen MR) is 66.2 cm³/mol. The van der Waals surface area contributed by atoms with Crippen LogP contribution in [-0.2, 0) is 6.54 Å². The number of nitrogens with zero attached hydrogens (tertiary/aromatic N) is 2. The van der Waals surface area contributed by atoms with Crippen LogP contribution >= 0.6 is 0 Å². The first-order valence-electron chi connectivity index (χ1n) is 6.19. The lowest BCUT2D eigenvalue weighted by atomic mass is 9.89. The van der Waals surface area contributed by atoms with Gasteiger partial charge in [0.2, 0.25) is 0 Å². The van der Waals surface area contributed by atoms with Crippen LogP contribution in [0.5, 0.6) is 0 Å². The molecule has 1 saturated heterocycles. The molecule has 0 atom stereocenters. The van der Waals surface area contributed by atoms with Crippen molar-refractivity contribution in [3.8, 4) is 6.07 Å². The molecule has 3 nitrogen and oxygen atoms in total. The van der Waals surface area contributed by atoms with E-state index in [1.54, 1.807) is 12.1 Å². The first-order chi connectivity index (χ1) is 8.56. The maximum atomic E-state index is 13.7. The summed E-state index contributed by atoms with van der Waals surface area (Å²) in [5.74, 6) is -0.347. The van der Waals surface area contributed by atoms with Gasteiger partial charge in [-0.15, -0.1) is 0 Å². The van der Waals surface area contributed by atoms with E-state index in [9.17, 15) is 9.50 Å². The van der Waals surface area contributed by atoms with Crippen molar-refractivity contribution in [3.05, 3.63) is 35.1 Å². The highest BCUT2D eigenvalue weighted by molar-refractivity contribution is 5.33. The van der Waals surface area contributed by atoms with Gasteiger partial charge >= 0.3 is 0 Å². The molecule has 1 aliphatic rings. The van der Waals surface area contributed by atoms with Crippen molar-refractivity contribution in [1.82, 2.24) is 4.90 Å². The molecule has 0 spiro atoms. The van der Waals surface area contributed by atoms with Crippen LogP contribution in [0.15, 0.2) is 18.2 Å². The molecule has 1 aromatic carbocycles. The van der Waals surface area contributed by atoms with Crippen molar-refractivity contribution in [1.29, 1.82) is 5.26 Å². The van der Waals surface area contributed by atoms with E-state index in [1.165, 1.54) is 6.07 Å². The first-order valence-corrected chi connectivity index (χ1v) is 6.19. The Morgan fingerprint density at radius 2 is 2.22 bits per heavy atom. The van der Waals surface area contributed by atoms with Gasteiger partial charge in [-0.3, -0.25) is 4.90 Å². The number of benzene rings is 1. The molecule has 0 aromatic heterocycles. The van der Waals surface area contributed by atoms with Gasteiger partial charge in [-0.25, -0.2) is 4.39 Å². The van der Waals surface area contributed by atoms with Crippen molar-refractivity contribution in [2.45, 2.75) is 31.9 Å². The average molecular weight is 248 g/mol. The molecule has 0 radical (unpaired) electrons. The Balaban J connectivity index is 1.95. The fourth-order valence-corrected chi connectivity index (χ4v) is 2.51. The van der Waals surface area contributed by atoms with Gasteiger partial charge in [0.1, 0.15) is 5.82 Å². The monoisotopic (exact) mass is 248 g/mol. The van der Waals surface area contributed by atoms with Crippen LogP contribution in [0, 0.1) is 17.1 Å². The lowest BCUT2D eigenvalue weighted by Crippen LogP contribution is -2.61. The lowest BCUT2D eigenvalue weighted by Gasteiger charge is -2.46. The van der Waals surface area contributed by atoms with E-state index >= 15 is 0 Å². The van der Waals surface area contributed by atoms with Gasteiger partial charge in [0.25, 0.3) is 0 Å². The van der Waals surface area contributed by atoms with Crippen molar-refractivity contribution >= 4 is 0 Å². The maximum Gasteiger partial charge on any atom is 0.129 e. The highest BCUT2D eigenvalue weighted by Gasteiger charge is 2.39. The van der Waals surface area contributed by atoms with Gasteiger partial charge in [0.05, 0.1) is 17.2 Å². The third kappa shape index (κ3) is 2.69. The molecule has 4 heteroatoms. The van der Waals surface area contributed by atoms with Crippen LogP contribution in [-0.4, -0.2) is 28.7 Å². The minimum Gasteiger partial charge on any atom is -0.387 e. The molecule has 1 fully saturated rings. The van der Waals surface area contributed by atoms with E-state index in [0.717, 1.165) is 12.8 Å². The second-order valence-corrected chi connectivity index (χ2v) is 5.04. The molecule has 18 heavy (non-hydrogen) atoms. The molecule has 1 aromatic rings. The molecule has 0 bridgehead atoms. The highest BCUT2D eigenvalue weighted by atomic mass is 19.1. The summed E-state index contributed by atoms with van der Waals surface area (Å²) in [7, 11) is 0. The number of nitriles is 1. The van der Waals surface area contributed by atoms with E-state index in [-0.39, 0.29) is 5.82 Å². The molecule has 0 unspecified atom stereocenters. The van der Waals surface area contributed by atoms with E-state index in [2.05, 4.69) is 0 Å². The normalized spacial score (nSPS) is 18.1. The Labute approximate surface area is 106 Å². The molecular weight excluding hydrogens is 231 g/mol. The highest BCUT2D eigenvalue weighted by Crippen LogP contribution is 2.27. The SMILES string of the molecule is CCCC1(O)CN(Cc2ccc(C#N)cc2F)C1. The topological polar surface area (TPSA) is 47.3 Å². The van der Waals surface area contributed by atoms with E-state index in [1.807, 2.05) is 17.9 Å². The fourth-order valence-electron chi connectivity index (χ4n) is 2.51. The molecular formula is C14H17FN2O. The average Bonchev–Trinajstić information content (AvgIpc) is 2.30. The molecule has 0 aliphatic carbocycles. The standard InChI is InChI=1S/C14H17FN2O/c1-2-5-14(18)9-17(10-14)8-12-4-3-11(7-16)6-13(12)15/h3-4,6,18H,2,5,8-10H2,1H3. The summed E-state index contributed by atoms with van der Waals surface area (Å²) in [6.07, 6.45) is 1.74. The number of halogens is 1. The Morgan fingerprint density at radius 3 is 2.78 bits per heavy atom. The fraction of sp³-hybridized carbons (Fsp3) is 0.500. The molecule has 2 rings (SSSR count). The van der Waals surface area contributed by atoms with Crippen molar-refractivity contribution < 1.29 is 9.50 Å². The van der Waals surface area contributed by atoms with Crippen molar-refractivity contribution in [2.24, 2.45) is 0 Å². The summed E-state index contributed by atoms with van der Waals surface area (Å²) in [5.41, 5.74) is 0.326. The molecule has 0 saturated carbocycles. The molecule has 1 heterocycles. The second kappa shape index (κ2) is 5.05. The predicted octanol–water partition coefficient (Wildman–Crippen LogP) is 2.04. The molecule has 96 valence electrons. The summed E-state index contributed by atoms with van der Waals surface area (Å²) in [4.78, 5) is 2.01. The summed E-state index contributed by atoms with van der Waals surface area (Å²) < 4.78 is 13.7. The Kier molecular flexibility index (Phi) is 3.65. The quantitative estimate of drug-likeness (QED) is 0.887. The number of hydrogen-bond acceptors (Lipinski definition) is 3. The zero-order chi connectivity index (χ0) is 13.2. The number of β-amino-alcohol motifs (C(OH)–C–C–N with tert-alkyl or cyclic N) is 1. The summed E-state index contributed by atoms with van der Waals surface area (Å²) in [5, 5.41) is 18.7. The van der Waals surface area contributed by atoms with Crippen molar-refractivity contribution in [2.75, 3.05) is 13.1 Å². The van der Waals surface area contributed by atoms with Crippen LogP contribution in [0.1, 0.15) is 30.9 Å². The van der Waals surface area contributed by atoms with Gasteiger partial charge < -0.3 is 5.11 Å². The van der Waals surface area contributed by atoms with E-state index in [4.69, 9.17) is 5.26 Å². The van der Waals surface area contributed by atoms with Crippen LogP contribution < -0.4 is 0 Å². The van der Waals surface area contributed by atoms with Crippen LogP contribution in [0.3, 0.4) is 0 Å². The van der Waals surface area contributed by atoms with Gasteiger partial charge in [0.15, 0.2) is 0 Å². The number of rotatable bonds is 4. The number of likely N-dealkylation sites (tertiary alicyclic amines) is 1. The van der Waals surface area contributed by atoms with Crippen LogP contribution in [0.2, 0.25) is 0 Å². The van der Waals surface area contributed by atoms with Crippen molar-refractivity contribution in [3.63, 3.8) is 0 Å². The van der Waals surface area contributed by atoms with Crippen LogP contribution in [0.25, 0.3) is 0 Å². The summed E-state index contributed by atoms with van der Waals surface area (Å²) in [6, 6.07) is 6.44. The first kappa shape index (κ1) is 13.0. The third-order valence-corrected chi connectivity index (χ3v) is 3.33. The third-order valence-electron chi connectivity index (χ3n) is 3.33. The van der Waals surface area contributed by atoms with Crippen LogP contribution in [0.4, 0.5) is 4.39 Å². The Hall–Kier alpha value is -1.44. The summed E-state index contributed by atoms with van der Waals surface area (Å²) in [6.45, 7) is 3.73. The maximum absolute atomic E-state index is 13.7. The minimum atomic E-state index is -0.585. The number of aliphatic hydroxyl groups is 1. The largest absolute Gasteiger partial charge is 0.387 e. The Morgan fingerprint density at radius 1 is 1.50 bits per heavy atom. The van der Waals surface area contributed by atoms with Gasteiger partial charge in [0, 0.05) is 25.2 Å². The van der Waals surface area contributed by atoms with Gasteiger partial charge in [-0.1, -0.05) is 19.4 Å². The molecule has 0 amide bonds. The lowest BCUT2D eigenvalue weighted by molar-refractivity contribution is -0.107. The number of hydrogen-bond donors (Lipinski definition) is 1. The van der Waals surface area contributed by atoms with Gasteiger partial charge in [-0.2, -0.15) is 5.26 Å². The zero-order valence-corrected chi connectivity index (χ0v) is 10.5. The summed E-state index contributed by atoms with van der Waals surface area (Å²) >= 11 is 0. The zero-order valence-electron chi connectivity index (χ0n) is 10.5. The molecule has 1 aliphatic heterocycles. The van der Waals surface area contributed by atoms with E-state index in [0.29, 0.717) is 30.8 Å². The second-order valence-electron chi connectivity index (χ2n) is 5.04. The smallest absolute Gasteiger partial charge is 0.129 e.